The van der Waals surface area contributed by atoms with Gasteiger partial charge in [0, 0.05) is 18.2 Å². The Balaban J connectivity index is 1.49. The van der Waals surface area contributed by atoms with Crippen molar-refractivity contribution in [1.29, 1.82) is 0 Å². The van der Waals surface area contributed by atoms with E-state index in [4.69, 9.17) is 4.98 Å². The van der Waals surface area contributed by atoms with Crippen molar-refractivity contribution >= 4 is 11.6 Å². The highest BCUT2D eigenvalue weighted by molar-refractivity contribution is 5.78. The van der Waals surface area contributed by atoms with Crippen LogP contribution in [0, 0.1) is 13.8 Å². The monoisotopic (exact) mass is 473 g/mol. The number of imidazole rings is 1. The number of hydrogen-bond acceptors (Lipinski definition) is 2. The van der Waals surface area contributed by atoms with E-state index in [0.717, 1.165) is 33.7 Å². The van der Waals surface area contributed by atoms with Crippen LogP contribution in [0.5, 0.6) is 0 Å². The first kappa shape index (κ1) is 23.6. The van der Waals surface area contributed by atoms with E-state index < -0.39 is 0 Å². The van der Waals surface area contributed by atoms with Crippen LogP contribution >= 0.6 is 0 Å². The predicted molar refractivity (Wildman–Crippen MR) is 147 cm³/mol. The van der Waals surface area contributed by atoms with Gasteiger partial charge >= 0.3 is 0 Å². The lowest BCUT2D eigenvalue weighted by Crippen LogP contribution is -2.26. The Morgan fingerprint density at radius 1 is 0.889 bits per heavy atom. The van der Waals surface area contributed by atoms with Gasteiger partial charge in [0.15, 0.2) is 0 Å². The van der Waals surface area contributed by atoms with Gasteiger partial charge in [-0.3, -0.25) is 4.79 Å². The molecule has 4 nitrogen and oxygen atoms in total. The van der Waals surface area contributed by atoms with Crippen LogP contribution in [-0.4, -0.2) is 15.3 Å². The molecule has 0 aliphatic carbocycles. The lowest BCUT2D eigenvalue weighted by atomic mass is 10.00. The molecule has 0 fully saturated rings. The third-order valence-corrected chi connectivity index (χ3v) is 6.73. The quantitative estimate of drug-likeness (QED) is 0.274. The number of pyridine rings is 1. The molecule has 0 saturated heterocycles. The van der Waals surface area contributed by atoms with Crippen LogP contribution in [0.2, 0.25) is 0 Å². The van der Waals surface area contributed by atoms with Crippen LogP contribution in [0.1, 0.15) is 41.8 Å². The van der Waals surface area contributed by atoms with Crippen LogP contribution in [0.15, 0.2) is 97.2 Å². The summed E-state index contributed by atoms with van der Waals surface area (Å²) in [4.78, 5) is 17.9. The maximum Gasteiger partial charge on any atom is 0.220 e. The van der Waals surface area contributed by atoms with Crippen molar-refractivity contribution in [2.45, 2.75) is 39.7 Å². The smallest absolute Gasteiger partial charge is 0.220 e. The summed E-state index contributed by atoms with van der Waals surface area (Å²) >= 11 is 0. The first-order chi connectivity index (χ1) is 17.5. The molecule has 4 heteroatoms. The van der Waals surface area contributed by atoms with Crippen LogP contribution in [0.3, 0.4) is 0 Å². The molecule has 2 heterocycles. The number of rotatable bonds is 7. The van der Waals surface area contributed by atoms with Crippen molar-refractivity contribution in [2.24, 2.45) is 0 Å². The van der Waals surface area contributed by atoms with Crippen molar-refractivity contribution in [2.75, 3.05) is 0 Å². The fraction of sp³-hybridized carbons (Fsp3) is 0.188. The second kappa shape index (κ2) is 10.2. The number of benzene rings is 3. The van der Waals surface area contributed by atoms with Crippen LogP contribution < -0.4 is 5.32 Å². The minimum atomic E-state index is -0.0367. The van der Waals surface area contributed by atoms with E-state index in [1.807, 2.05) is 55.5 Å². The molecule has 36 heavy (non-hydrogen) atoms. The first-order valence-electron chi connectivity index (χ1n) is 12.5. The highest BCUT2D eigenvalue weighted by atomic mass is 16.1. The number of nitrogens with zero attached hydrogens (tertiary/aromatic N) is 2. The number of fused-ring (bicyclic) bond motifs is 1. The van der Waals surface area contributed by atoms with Gasteiger partial charge in [-0.1, -0.05) is 84.4 Å². The minimum Gasteiger partial charge on any atom is -0.350 e. The van der Waals surface area contributed by atoms with Crippen molar-refractivity contribution in [3.05, 3.63) is 120 Å². The van der Waals surface area contributed by atoms with Crippen molar-refractivity contribution in [3.8, 4) is 22.4 Å². The molecule has 180 valence electrons. The van der Waals surface area contributed by atoms with E-state index >= 15 is 0 Å². The Morgan fingerprint density at radius 3 is 2.36 bits per heavy atom. The van der Waals surface area contributed by atoms with Crippen LogP contribution in [-0.2, 0) is 11.2 Å². The lowest BCUT2D eigenvalue weighted by Gasteiger charge is -2.14. The first-order valence-corrected chi connectivity index (χ1v) is 12.5. The summed E-state index contributed by atoms with van der Waals surface area (Å²) in [7, 11) is 0. The van der Waals surface area contributed by atoms with E-state index in [9.17, 15) is 4.79 Å². The Morgan fingerprint density at radius 2 is 1.61 bits per heavy atom. The van der Waals surface area contributed by atoms with Crippen molar-refractivity contribution in [3.63, 3.8) is 0 Å². The third kappa shape index (κ3) is 4.94. The van der Waals surface area contributed by atoms with E-state index in [2.05, 4.69) is 72.2 Å². The van der Waals surface area contributed by atoms with Crippen molar-refractivity contribution in [1.82, 2.24) is 14.7 Å². The van der Waals surface area contributed by atoms with E-state index in [1.54, 1.807) is 0 Å². The number of carbonyl (C=O) groups is 1. The van der Waals surface area contributed by atoms with Gasteiger partial charge in [0.2, 0.25) is 5.91 Å². The molecule has 1 amide bonds. The highest BCUT2D eigenvalue weighted by Crippen LogP contribution is 2.30. The summed E-state index contributed by atoms with van der Waals surface area (Å²) in [6.07, 6.45) is 3.14. The zero-order chi connectivity index (χ0) is 25.1. The zero-order valence-corrected chi connectivity index (χ0v) is 21.0. The molecule has 1 atom stereocenters. The molecule has 2 aromatic heterocycles. The number of hydrogen-bond donors (Lipinski definition) is 1. The molecule has 0 spiro atoms. The molecule has 0 saturated carbocycles. The SMILES string of the molecule is Cc1ccc(C)c(-c2ccc3nc(-c4ccccc4)c(CCC(=O)N[C@@H](C)c4ccccc4)n3c2)c1. The van der Waals surface area contributed by atoms with Gasteiger partial charge in [0.05, 0.1) is 17.4 Å². The molecular formula is C32H31N3O. The molecule has 5 rings (SSSR count). The maximum atomic E-state index is 12.9. The fourth-order valence-electron chi connectivity index (χ4n) is 4.74. The Labute approximate surface area is 212 Å². The molecule has 0 aliphatic heterocycles. The summed E-state index contributed by atoms with van der Waals surface area (Å²) in [5.74, 6) is 0.0333. The molecule has 0 aliphatic rings. The number of nitrogens with one attached hydrogen (secondary N) is 1. The molecule has 3 aromatic carbocycles. The molecule has 0 unspecified atom stereocenters. The second-order valence-electron chi connectivity index (χ2n) is 9.44. The van der Waals surface area contributed by atoms with Gasteiger partial charge in [0.1, 0.15) is 5.65 Å². The molecular weight excluding hydrogens is 442 g/mol. The lowest BCUT2D eigenvalue weighted by molar-refractivity contribution is -0.121. The Bertz CT molecular complexity index is 1500. The molecule has 5 aromatic rings. The topological polar surface area (TPSA) is 46.4 Å². The molecule has 0 bridgehead atoms. The number of aromatic nitrogens is 2. The average molecular weight is 474 g/mol. The standard InChI is InChI=1S/C32H31N3O/c1-22-14-15-23(2)28(20-22)27-16-18-30-34-32(26-12-8-5-9-13-26)29(35(30)21-27)17-19-31(36)33-24(3)25-10-6-4-7-11-25/h4-16,18,20-21,24H,17,19H2,1-3H3,(H,33,36)/t24-/m0/s1. The van der Waals surface area contributed by atoms with Gasteiger partial charge in [-0.15, -0.1) is 0 Å². The van der Waals surface area contributed by atoms with E-state index in [1.165, 1.54) is 16.7 Å². The largest absolute Gasteiger partial charge is 0.350 e. The number of carbonyl (C=O) groups excluding carboxylic acids is 1. The Kier molecular flexibility index (Phi) is 6.68. The predicted octanol–water partition coefficient (Wildman–Crippen LogP) is 7.10. The summed E-state index contributed by atoms with van der Waals surface area (Å²) in [5, 5.41) is 3.15. The highest BCUT2D eigenvalue weighted by Gasteiger charge is 2.17. The van der Waals surface area contributed by atoms with Gasteiger partial charge < -0.3 is 9.72 Å². The zero-order valence-electron chi connectivity index (χ0n) is 21.0. The molecule has 0 radical (unpaired) electrons. The average Bonchev–Trinajstić information content (AvgIpc) is 3.27. The Hall–Kier alpha value is -4.18. The summed E-state index contributed by atoms with van der Waals surface area (Å²) in [5.41, 5.74) is 9.84. The summed E-state index contributed by atoms with van der Waals surface area (Å²) < 4.78 is 2.16. The van der Waals surface area contributed by atoms with Gasteiger partial charge in [-0.25, -0.2) is 4.98 Å². The van der Waals surface area contributed by atoms with Gasteiger partial charge in [-0.2, -0.15) is 0 Å². The van der Waals surface area contributed by atoms with Crippen LogP contribution in [0.25, 0.3) is 28.0 Å². The van der Waals surface area contributed by atoms with Crippen LogP contribution in [0.4, 0.5) is 0 Å². The summed E-state index contributed by atoms with van der Waals surface area (Å²) in [6.45, 7) is 6.28. The molecule has 1 N–H and O–H groups in total. The fourth-order valence-corrected chi connectivity index (χ4v) is 4.74. The van der Waals surface area contributed by atoms with Gasteiger partial charge in [-0.05, 0) is 61.6 Å². The summed E-state index contributed by atoms with van der Waals surface area (Å²) in [6, 6.07) is 31.0. The van der Waals surface area contributed by atoms with E-state index in [0.29, 0.717) is 12.8 Å². The van der Waals surface area contributed by atoms with E-state index in [-0.39, 0.29) is 11.9 Å². The van der Waals surface area contributed by atoms with Gasteiger partial charge in [0.25, 0.3) is 0 Å². The normalized spacial score (nSPS) is 12.0. The second-order valence-corrected chi connectivity index (χ2v) is 9.44. The number of amides is 1. The number of aryl methyl sites for hydroxylation is 3. The third-order valence-electron chi connectivity index (χ3n) is 6.73. The maximum absolute atomic E-state index is 12.9. The minimum absolute atomic E-state index is 0.0333. The van der Waals surface area contributed by atoms with Crippen molar-refractivity contribution < 1.29 is 4.79 Å².